The first kappa shape index (κ1) is 6.98. The predicted octanol–water partition coefficient (Wildman–Crippen LogP) is 0.443. The zero-order chi connectivity index (χ0) is 5.54. The van der Waals surface area contributed by atoms with Crippen molar-refractivity contribution in [3.63, 3.8) is 0 Å². The van der Waals surface area contributed by atoms with E-state index in [0.29, 0.717) is 6.42 Å². The molecule has 0 saturated heterocycles. The lowest BCUT2D eigenvalue weighted by Gasteiger charge is -1.90. The maximum atomic E-state index is 9.63. The first-order valence-corrected chi connectivity index (χ1v) is 3.33. The Morgan fingerprint density at radius 2 is 2.57 bits per heavy atom. The standard InChI is InChI=1S/C4H9NOS/c1-7-5-3-2-4-6/h4-5H,2-3H2,1H3. The van der Waals surface area contributed by atoms with Gasteiger partial charge in [0, 0.05) is 13.0 Å². The normalized spacial score (nSPS) is 8.71. The second-order valence-electron chi connectivity index (χ2n) is 1.05. The molecule has 0 saturated carbocycles. The van der Waals surface area contributed by atoms with Gasteiger partial charge in [-0.15, -0.1) is 0 Å². The smallest absolute Gasteiger partial charge is 0.121 e. The van der Waals surface area contributed by atoms with Crippen LogP contribution in [0.15, 0.2) is 0 Å². The number of carbonyl (C=O) groups is 1. The van der Waals surface area contributed by atoms with E-state index in [1.807, 2.05) is 6.26 Å². The third-order valence-corrected chi connectivity index (χ3v) is 1.00. The molecule has 7 heavy (non-hydrogen) atoms. The van der Waals surface area contributed by atoms with E-state index in [-0.39, 0.29) is 0 Å². The molecule has 0 aromatic heterocycles. The van der Waals surface area contributed by atoms with Gasteiger partial charge in [-0.05, 0) is 6.26 Å². The molecule has 0 unspecified atom stereocenters. The quantitative estimate of drug-likeness (QED) is 0.331. The van der Waals surface area contributed by atoms with Crippen LogP contribution in [0.2, 0.25) is 0 Å². The van der Waals surface area contributed by atoms with Crippen LogP contribution >= 0.6 is 11.9 Å². The Morgan fingerprint density at radius 3 is 3.00 bits per heavy atom. The van der Waals surface area contributed by atoms with Crippen LogP contribution in [0.3, 0.4) is 0 Å². The fourth-order valence-corrected chi connectivity index (χ4v) is 0.542. The summed E-state index contributed by atoms with van der Waals surface area (Å²) in [5, 5.41) is 0. The fourth-order valence-electron chi connectivity index (χ4n) is 0.220. The van der Waals surface area contributed by atoms with Gasteiger partial charge >= 0.3 is 0 Å². The van der Waals surface area contributed by atoms with Crippen LogP contribution in [0, 0.1) is 0 Å². The zero-order valence-electron chi connectivity index (χ0n) is 4.31. The van der Waals surface area contributed by atoms with Gasteiger partial charge in [0.2, 0.25) is 0 Å². The molecule has 0 aliphatic rings. The third kappa shape index (κ3) is 5.98. The van der Waals surface area contributed by atoms with Crippen LogP contribution < -0.4 is 4.72 Å². The van der Waals surface area contributed by atoms with Crippen molar-refractivity contribution in [3.8, 4) is 0 Å². The Labute approximate surface area is 47.8 Å². The van der Waals surface area contributed by atoms with E-state index < -0.39 is 0 Å². The minimum Gasteiger partial charge on any atom is -0.303 e. The summed E-state index contributed by atoms with van der Waals surface area (Å²) in [6.45, 7) is 0.782. The predicted molar refractivity (Wildman–Crippen MR) is 32.2 cm³/mol. The molecule has 1 N–H and O–H groups in total. The van der Waals surface area contributed by atoms with Crippen LogP contribution in [-0.4, -0.2) is 19.1 Å². The van der Waals surface area contributed by atoms with Gasteiger partial charge in [-0.2, -0.15) is 0 Å². The fraction of sp³-hybridized carbons (Fsp3) is 0.750. The molecule has 0 spiro atoms. The lowest BCUT2D eigenvalue weighted by atomic mass is 10.5. The van der Waals surface area contributed by atoms with Gasteiger partial charge in [-0.3, -0.25) is 4.72 Å². The lowest BCUT2D eigenvalue weighted by molar-refractivity contribution is -0.107. The van der Waals surface area contributed by atoms with Crippen molar-refractivity contribution >= 4 is 18.2 Å². The molecule has 0 heterocycles. The van der Waals surface area contributed by atoms with E-state index in [4.69, 9.17) is 0 Å². The van der Waals surface area contributed by atoms with E-state index in [0.717, 1.165) is 12.8 Å². The summed E-state index contributed by atoms with van der Waals surface area (Å²) in [6, 6.07) is 0. The molecule has 0 atom stereocenters. The maximum absolute atomic E-state index is 9.63. The van der Waals surface area contributed by atoms with Crippen LogP contribution in [0.25, 0.3) is 0 Å². The van der Waals surface area contributed by atoms with Gasteiger partial charge in [0.1, 0.15) is 6.29 Å². The molecule has 0 rings (SSSR count). The second kappa shape index (κ2) is 5.98. The molecule has 0 aliphatic carbocycles. The van der Waals surface area contributed by atoms with Crippen LogP contribution in [0.4, 0.5) is 0 Å². The number of nitrogens with one attached hydrogen (secondary N) is 1. The van der Waals surface area contributed by atoms with E-state index >= 15 is 0 Å². The summed E-state index contributed by atoms with van der Waals surface area (Å²) in [5.41, 5.74) is 0. The number of carbonyl (C=O) groups excluding carboxylic acids is 1. The van der Waals surface area contributed by atoms with Crippen molar-refractivity contribution < 1.29 is 4.79 Å². The van der Waals surface area contributed by atoms with Gasteiger partial charge in [-0.25, -0.2) is 0 Å². The summed E-state index contributed by atoms with van der Waals surface area (Å²) >= 11 is 1.53. The van der Waals surface area contributed by atoms with Crippen molar-refractivity contribution in [1.29, 1.82) is 0 Å². The highest BCUT2D eigenvalue weighted by atomic mass is 32.2. The maximum Gasteiger partial charge on any atom is 0.121 e. The van der Waals surface area contributed by atoms with E-state index in [1.165, 1.54) is 11.9 Å². The van der Waals surface area contributed by atoms with Crippen LogP contribution in [0.1, 0.15) is 6.42 Å². The minimum absolute atomic E-state index is 0.612. The van der Waals surface area contributed by atoms with Gasteiger partial charge in [0.15, 0.2) is 0 Å². The molecule has 0 fully saturated rings. The highest BCUT2D eigenvalue weighted by Gasteiger charge is 1.77. The van der Waals surface area contributed by atoms with Crippen molar-refractivity contribution in [3.05, 3.63) is 0 Å². The first-order valence-electron chi connectivity index (χ1n) is 2.11. The Bertz CT molecular complexity index is 49.0. The molecule has 42 valence electrons. The highest BCUT2D eigenvalue weighted by Crippen LogP contribution is 1.79. The Balaban J connectivity index is 2.56. The molecule has 0 aromatic rings. The molecule has 3 heteroatoms. The first-order chi connectivity index (χ1) is 3.41. The second-order valence-corrected chi connectivity index (χ2v) is 1.75. The van der Waals surface area contributed by atoms with Gasteiger partial charge in [0.05, 0.1) is 0 Å². The van der Waals surface area contributed by atoms with Crippen molar-refractivity contribution in [2.45, 2.75) is 6.42 Å². The van der Waals surface area contributed by atoms with Crippen LogP contribution in [-0.2, 0) is 4.79 Å². The largest absolute Gasteiger partial charge is 0.303 e. The Hall–Kier alpha value is -0.0200. The van der Waals surface area contributed by atoms with Gasteiger partial charge in [-0.1, -0.05) is 11.9 Å². The molecule has 0 aliphatic heterocycles. The zero-order valence-corrected chi connectivity index (χ0v) is 5.12. The number of hydrogen-bond acceptors (Lipinski definition) is 3. The molecular weight excluding hydrogens is 110 g/mol. The third-order valence-electron chi connectivity index (χ3n) is 0.509. The van der Waals surface area contributed by atoms with E-state index in [9.17, 15) is 4.79 Å². The molecule has 0 aromatic carbocycles. The molecule has 0 radical (unpaired) electrons. The monoisotopic (exact) mass is 119 g/mol. The summed E-state index contributed by atoms with van der Waals surface area (Å²) in [7, 11) is 0. The summed E-state index contributed by atoms with van der Waals surface area (Å²) < 4.78 is 2.93. The number of hydrogen-bond donors (Lipinski definition) is 1. The van der Waals surface area contributed by atoms with Gasteiger partial charge in [0.25, 0.3) is 0 Å². The average molecular weight is 119 g/mol. The molecular formula is C4H9NOS. The topological polar surface area (TPSA) is 29.1 Å². The van der Waals surface area contributed by atoms with Crippen LogP contribution in [0.5, 0.6) is 0 Å². The Morgan fingerprint density at radius 1 is 1.86 bits per heavy atom. The summed E-state index contributed by atoms with van der Waals surface area (Å²) in [4.78, 5) is 9.63. The Kier molecular flexibility index (Phi) is 5.96. The van der Waals surface area contributed by atoms with Crippen molar-refractivity contribution in [2.24, 2.45) is 0 Å². The van der Waals surface area contributed by atoms with Gasteiger partial charge < -0.3 is 4.79 Å². The molecule has 0 bridgehead atoms. The molecule has 0 amide bonds. The van der Waals surface area contributed by atoms with Crippen molar-refractivity contribution in [1.82, 2.24) is 4.72 Å². The highest BCUT2D eigenvalue weighted by molar-refractivity contribution is 7.96. The average Bonchev–Trinajstić information content (AvgIpc) is 1.69. The van der Waals surface area contributed by atoms with Crippen molar-refractivity contribution in [2.75, 3.05) is 12.8 Å². The summed E-state index contributed by atoms with van der Waals surface area (Å²) in [5.74, 6) is 0. The van der Waals surface area contributed by atoms with E-state index in [2.05, 4.69) is 4.72 Å². The SMILES string of the molecule is CSNCCC=O. The number of aldehydes is 1. The van der Waals surface area contributed by atoms with E-state index in [1.54, 1.807) is 0 Å². The summed E-state index contributed by atoms with van der Waals surface area (Å²) in [6.07, 6.45) is 3.45. The minimum atomic E-state index is 0.612. The lowest BCUT2D eigenvalue weighted by Crippen LogP contribution is -2.03. The number of rotatable bonds is 4. The molecule has 2 nitrogen and oxygen atoms in total.